The van der Waals surface area contributed by atoms with Crippen LogP contribution in [0, 0.1) is 0 Å². The zero-order chi connectivity index (χ0) is 25.2. The number of rotatable bonds is 15. The van der Waals surface area contributed by atoms with Crippen molar-refractivity contribution in [1.29, 1.82) is 0 Å². The summed E-state index contributed by atoms with van der Waals surface area (Å²) in [6.45, 7) is 22.6. The maximum Gasteiger partial charge on any atom is -0.00636 e. The van der Waals surface area contributed by atoms with E-state index in [9.17, 15) is 0 Å². The van der Waals surface area contributed by atoms with Crippen molar-refractivity contribution in [2.75, 3.05) is 0 Å². The van der Waals surface area contributed by atoms with Crippen LogP contribution in [0.25, 0.3) is 5.57 Å². The first-order chi connectivity index (χ1) is 16.5. The van der Waals surface area contributed by atoms with E-state index in [1.54, 1.807) is 6.08 Å². The first-order valence-corrected chi connectivity index (χ1v) is 12.2. The van der Waals surface area contributed by atoms with Gasteiger partial charge in [0.15, 0.2) is 0 Å². The molecule has 0 spiro atoms. The van der Waals surface area contributed by atoms with E-state index >= 15 is 0 Å². The van der Waals surface area contributed by atoms with Gasteiger partial charge in [-0.05, 0) is 72.1 Å². The fourth-order valence-electron chi connectivity index (χ4n) is 3.49. The van der Waals surface area contributed by atoms with E-state index in [4.69, 9.17) is 0 Å². The standard InChI is InChI=1S/C34H42/c1-8-12-13-14-15-23-32(20-9-2)30(7)34-25-19-18-24-33(34)27-29(6)21-16-17-22-31(11-4)26-28(5)10-3/h10-15,17-19,21-26H,3-5,7-9,16,20,27H2,1-2,6H3/b13-12+,15-14-,22-17-,29-21+,31-26-,32-23?. The van der Waals surface area contributed by atoms with E-state index in [0.717, 1.165) is 48.8 Å². The molecular formula is C34H42. The van der Waals surface area contributed by atoms with E-state index in [1.807, 2.05) is 12.2 Å². The predicted molar refractivity (Wildman–Crippen MR) is 156 cm³/mol. The maximum atomic E-state index is 4.48. The summed E-state index contributed by atoms with van der Waals surface area (Å²) in [6, 6.07) is 8.64. The largest absolute Gasteiger partial charge is 0.0985 e. The van der Waals surface area contributed by atoms with Gasteiger partial charge >= 0.3 is 0 Å². The Labute approximate surface area is 209 Å². The minimum absolute atomic E-state index is 0.873. The number of hydrogen-bond donors (Lipinski definition) is 0. The van der Waals surface area contributed by atoms with E-state index in [2.05, 4.69) is 120 Å². The molecule has 0 bridgehead atoms. The smallest absolute Gasteiger partial charge is 0.00636 e. The highest BCUT2D eigenvalue weighted by atomic mass is 14.1. The SMILES string of the molecule is C=CC(=C)/C=C(C=C)\C=C/C/C=C(\C)Cc1ccccc1C(=C)C(=C/C=C\C=C\CC)CCC. The molecule has 178 valence electrons. The van der Waals surface area contributed by atoms with Crippen LogP contribution in [-0.2, 0) is 6.42 Å². The molecule has 1 rings (SSSR count). The van der Waals surface area contributed by atoms with Gasteiger partial charge in [-0.15, -0.1) is 0 Å². The molecule has 0 fully saturated rings. The summed E-state index contributed by atoms with van der Waals surface area (Å²) in [7, 11) is 0. The molecule has 0 aliphatic heterocycles. The van der Waals surface area contributed by atoms with Gasteiger partial charge in [0.25, 0.3) is 0 Å². The highest BCUT2D eigenvalue weighted by Crippen LogP contribution is 2.29. The molecule has 0 N–H and O–H groups in total. The fraction of sp³-hybridized carbons (Fsp3) is 0.235. The predicted octanol–water partition coefficient (Wildman–Crippen LogP) is 10.2. The van der Waals surface area contributed by atoms with Gasteiger partial charge in [-0.2, -0.15) is 0 Å². The third kappa shape index (κ3) is 11.0. The molecule has 0 heteroatoms. The first kappa shape index (κ1) is 28.7. The highest BCUT2D eigenvalue weighted by molar-refractivity contribution is 5.79. The third-order valence-electron chi connectivity index (χ3n) is 5.37. The molecule has 0 aliphatic rings. The summed E-state index contributed by atoms with van der Waals surface area (Å²) < 4.78 is 0. The lowest BCUT2D eigenvalue weighted by Gasteiger charge is -2.15. The van der Waals surface area contributed by atoms with Crippen molar-refractivity contribution in [2.24, 2.45) is 0 Å². The molecule has 0 nitrogen and oxygen atoms in total. The fourth-order valence-corrected chi connectivity index (χ4v) is 3.49. The van der Waals surface area contributed by atoms with Gasteiger partial charge in [-0.25, -0.2) is 0 Å². The van der Waals surface area contributed by atoms with Crippen LogP contribution in [0.1, 0.15) is 57.6 Å². The minimum Gasteiger partial charge on any atom is -0.0985 e. The molecule has 0 amide bonds. The number of benzene rings is 1. The van der Waals surface area contributed by atoms with Gasteiger partial charge in [-0.3, -0.25) is 0 Å². The molecule has 1 aromatic carbocycles. The Balaban J connectivity index is 2.99. The average molecular weight is 451 g/mol. The second-order valence-corrected chi connectivity index (χ2v) is 8.29. The summed E-state index contributed by atoms with van der Waals surface area (Å²) >= 11 is 0. The summed E-state index contributed by atoms with van der Waals surface area (Å²) in [6.07, 6.45) is 27.7. The lowest BCUT2D eigenvalue weighted by molar-refractivity contribution is 0.930. The molecule has 1 aromatic rings. The van der Waals surface area contributed by atoms with Crippen LogP contribution < -0.4 is 0 Å². The van der Waals surface area contributed by atoms with Crippen molar-refractivity contribution in [3.63, 3.8) is 0 Å². The minimum atomic E-state index is 0.873. The van der Waals surface area contributed by atoms with Gasteiger partial charge in [0, 0.05) is 0 Å². The van der Waals surface area contributed by atoms with Gasteiger partial charge in [0.1, 0.15) is 0 Å². The van der Waals surface area contributed by atoms with Crippen molar-refractivity contribution < 1.29 is 0 Å². The molecular weight excluding hydrogens is 408 g/mol. The molecule has 34 heavy (non-hydrogen) atoms. The van der Waals surface area contributed by atoms with E-state index < -0.39 is 0 Å². The van der Waals surface area contributed by atoms with Crippen molar-refractivity contribution in [3.05, 3.63) is 151 Å². The normalized spacial score (nSPS) is 13.2. The zero-order valence-corrected chi connectivity index (χ0v) is 21.5. The number of hydrogen-bond acceptors (Lipinski definition) is 0. The van der Waals surface area contributed by atoms with E-state index in [1.165, 1.54) is 22.3 Å². The van der Waals surface area contributed by atoms with Gasteiger partial charge < -0.3 is 0 Å². The van der Waals surface area contributed by atoms with Crippen molar-refractivity contribution >= 4 is 5.57 Å². The van der Waals surface area contributed by atoms with Crippen LogP contribution in [0.2, 0.25) is 0 Å². The van der Waals surface area contributed by atoms with Crippen molar-refractivity contribution in [2.45, 2.75) is 52.9 Å². The van der Waals surface area contributed by atoms with Crippen LogP contribution in [-0.4, -0.2) is 0 Å². The van der Waals surface area contributed by atoms with Crippen molar-refractivity contribution in [3.8, 4) is 0 Å². The second-order valence-electron chi connectivity index (χ2n) is 8.29. The Hall–Kier alpha value is -3.38. The van der Waals surface area contributed by atoms with Crippen LogP contribution in [0.5, 0.6) is 0 Å². The van der Waals surface area contributed by atoms with E-state index in [0.29, 0.717) is 0 Å². The number of allylic oxidation sites excluding steroid dienone is 16. The lowest BCUT2D eigenvalue weighted by atomic mass is 9.90. The Bertz CT molecular complexity index is 1010. The molecule has 0 unspecified atom stereocenters. The van der Waals surface area contributed by atoms with Crippen molar-refractivity contribution in [1.82, 2.24) is 0 Å². The monoisotopic (exact) mass is 450 g/mol. The third-order valence-corrected chi connectivity index (χ3v) is 5.37. The average Bonchev–Trinajstić information content (AvgIpc) is 2.84. The Morgan fingerprint density at radius 1 is 0.941 bits per heavy atom. The molecule has 0 atom stereocenters. The van der Waals surface area contributed by atoms with Crippen LogP contribution in [0.4, 0.5) is 0 Å². The Morgan fingerprint density at radius 2 is 1.71 bits per heavy atom. The maximum absolute atomic E-state index is 4.48. The lowest BCUT2D eigenvalue weighted by Crippen LogP contribution is -1.97. The quantitative estimate of drug-likeness (QED) is 0.184. The first-order valence-electron chi connectivity index (χ1n) is 12.2. The van der Waals surface area contributed by atoms with Gasteiger partial charge in [0.2, 0.25) is 0 Å². The zero-order valence-electron chi connectivity index (χ0n) is 21.5. The van der Waals surface area contributed by atoms with Crippen LogP contribution in [0.3, 0.4) is 0 Å². The van der Waals surface area contributed by atoms with Crippen LogP contribution in [0.15, 0.2) is 140 Å². The Morgan fingerprint density at radius 3 is 2.38 bits per heavy atom. The molecule has 0 aliphatic carbocycles. The highest BCUT2D eigenvalue weighted by Gasteiger charge is 2.09. The topological polar surface area (TPSA) is 0 Å². The molecule has 0 aromatic heterocycles. The molecule has 0 saturated heterocycles. The Kier molecular flexibility index (Phi) is 14.4. The summed E-state index contributed by atoms with van der Waals surface area (Å²) in [4.78, 5) is 0. The summed E-state index contributed by atoms with van der Waals surface area (Å²) in [5.41, 5.74) is 8.23. The summed E-state index contributed by atoms with van der Waals surface area (Å²) in [5, 5.41) is 0. The van der Waals surface area contributed by atoms with Gasteiger partial charge in [-0.1, -0.05) is 137 Å². The molecule has 0 saturated carbocycles. The summed E-state index contributed by atoms with van der Waals surface area (Å²) in [5.74, 6) is 0. The van der Waals surface area contributed by atoms with E-state index in [-0.39, 0.29) is 0 Å². The van der Waals surface area contributed by atoms with Crippen LogP contribution >= 0.6 is 0 Å². The second kappa shape index (κ2) is 17.1. The molecule has 0 heterocycles. The molecule has 0 radical (unpaired) electrons. The van der Waals surface area contributed by atoms with Gasteiger partial charge in [0.05, 0.1) is 0 Å².